The third-order valence-corrected chi connectivity index (χ3v) is 4.44. The van der Waals surface area contributed by atoms with Crippen LogP contribution in [-0.4, -0.2) is 46.9 Å². The molecule has 0 spiro atoms. The van der Waals surface area contributed by atoms with Crippen molar-refractivity contribution < 1.29 is 9.53 Å². The number of rotatable bonds is 3. The molecule has 6 nitrogen and oxygen atoms in total. The van der Waals surface area contributed by atoms with E-state index in [9.17, 15) is 4.79 Å². The van der Waals surface area contributed by atoms with Gasteiger partial charge in [-0.05, 0) is 25.5 Å². The number of ether oxygens (including phenoxy) is 1. The molecule has 3 heterocycles. The van der Waals surface area contributed by atoms with Crippen LogP contribution < -0.4 is 4.90 Å². The normalized spacial score (nSPS) is 18.3. The smallest absolute Gasteiger partial charge is 0.153 e. The van der Waals surface area contributed by atoms with Crippen LogP contribution in [0, 0.1) is 6.92 Å². The average Bonchev–Trinajstić information content (AvgIpc) is 2.86. The molecule has 0 radical (unpaired) electrons. The number of aldehydes is 1. The van der Waals surface area contributed by atoms with E-state index in [2.05, 4.69) is 21.9 Å². The van der Waals surface area contributed by atoms with Gasteiger partial charge in [0.2, 0.25) is 0 Å². The van der Waals surface area contributed by atoms with Crippen LogP contribution in [0.15, 0.2) is 12.3 Å². The van der Waals surface area contributed by atoms with Gasteiger partial charge in [-0.3, -0.25) is 9.48 Å². The van der Waals surface area contributed by atoms with Crippen molar-refractivity contribution in [3.05, 3.63) is 28.5 Å². The van der Waals surface area contributed by atoms with E-state index in [1.54, 1.807) is 10.9 Å². The second-order valence-corrected chi connectivity index (χ2v) is 6.13. The first-order chi connectivity index (χ1) is 11.0. The van der Waals surface area contributed by atoms with Crippen LogP contribution in [0.4, 0.5) is 5.82 Å². The Labute approximate surface area is 140 Å². The van der Waals surface area contributed by atoms with Crippen molar-refractivity contribution in [2.75, 3.05) is 24.7 Å². The van der Waals surface area contributed by atoms with E-state index < -0.39 is 0 Å². The summed E-state index contributed by atoms with van der Waals surface area (Å²) in [5, 5.41) is 4.47. The predicted octanol–water partition coefficient (Wildman–Crippen LogP) is 2.48. The summed E-state index contributed by atoms with van der Waals surface area (Å²) >= 11 is 6.29. The third-order valence-electron chi connectivity index (χ3n) is 4.16. The largest absolute Gasteiger partial charge is 0.377 e. The van der Waals surface area contributed by atoms with Crippen LogP contribution in [0.25, 0.3) is 11.3 Å². The van der Waals surface area contributed by atoms with Gasteiger partial charge in [-0.25, -0.2) is 4.98 Å². The first-order valence-electron chi connectivity index (χ1n) is 7.52. The molecular formula is C16H19ClN4O2. The van der Waals surface area contributed by atoms with Crippen molar-refractivity contribution in [1.82, 2.24) is 14.8 Å². The van der Waals surface area contributed by atoms with Gasteiger partial charge >= 0.3 is 0 Å². The number of hydrogen-bond acceptors (Lipinski definition) is 5. The van der Waals surface area contributed by atoms with Crippen LogP contribution in [0.3, 0.4) is 0 Å². The zero-order valence-corrected chi connectivity index (χ0v) is 14.2. The molecule has 1 aliphatic heterocycles. The Bertz CT molecular complexity index is 724. The summed E-state index contributed by atoms with van der Waals surface area (Å²) in [5.41, 5.74) is 3.01. The van der Waals surface area contributed by atoms with E-state index in [4.69, 9.17) is 16.3 Å². The van der Waals surface area contributed by atoms with Gasteiger partial charge in [0.05, 0.1) is 36.7 Å². The van der Waals surface area contributed by atoms with Crippen LogP contribution in [-0.2, 0) is 11.8 Å². The number of nitrogens with zero attached hydrogens (tertiary/aromatic N) is 4. The van der Waals surface area contributed by atoms with Gasteiger partial charge in [0.15, 0.2) is 6.29 Å². The fourth-order valence-electron chi connectivity index (χ4n) is 2.97. The molecule has 1 fully saturated rings. The molecule has 0 saturated carbocycles. The number of hydrogen-bond donors (Lipinski definition) is 0. The SMILES string of the molecule is Cc1cnn(C)c1-c1cc(N2CCOC[C@H]2C)nc(Cl)c1C=O. The molecule has 1 saturated heterocycles. The summed E-state index contributed by atoms with van der Waals surface area (Å²) in [5.74, 6) is 0.756. The lowest BCUT2D eigenvalue weighted by atomic mass is 10.0. The molecule has 2 aromatic rings. The van der Waals surface area contributed by atoms with Crippen LogP contribution in [0.2, 0.25) is 5.15 Å². The first kappa shape index (κ1) is 16.0. The molecule has 23 heavy (non-hydrogen) atoms. The molecule has 0 unspecified atom stereocenters. The Balaban J connectivity index is 2.16. The highest BCUT2D eigenvalue weighted by atomic mass is 35.5. The van der Waals surface area contributed by atoms with Gasteiger partial charge < -0.3 is 9.64 Å². The number of morpholine rings is 1. The Morgan fingerprint density at radius 3 is 2.87 bits per heavy atom. The Morgan fingerprint density at radius 1 is 1.48 bits per heavy atom. The number of pyridine rings is 1. The molecule has 7 heteroatoms. The lowest BCUT2D eigenvalue weighted by Gasteiger charge is -2.34. The van der Waals surface area contributed by atoms with Gasteiger partial charge in [-0.15, -0.1) is 0 Å². The van der Waals surface area contributed by atoms with Gasteiger partial charge in [-0.2, -0.15) is 5.10 Å². The minimum atomic E-state index is 0.204. The number of carbonyl (C=O) groups is 1. The summed E-state index contributed by atoms with van der Waals surface area (Å²) in [7, 11) is 1.85. The van der Waals surface area contributed by atoms with Gasteiger partial charge in [0.1, 0.15) is 11.0 Å². The lowest BCUT2D eigenvalue weighted by Crippen LogP contribution is -2.44. The van der Waals surface area contributed by atoms with Crippen molar-refractivity contribution in [2.24, 2.45) is 7.05 Å². The fraction of sp³-hybridized carbons (Fsp3) is 0.438. The van der Waals surface area contributed by atoms with Crippen molar-refractivity contribution >= 4 is 23.7 Å². The number of carbonyl (C=O) groups excluding carboxylic acids is 1. The Morgan fingerprint density at radius 2 is 2.26 bits per heavy atom. The lowest BCUT2D eigenvalue weighted by molar-refractivity contribution is 0.0985. The minimum Gasteiger partial charge on any atom is -0.377 e. The summed E-state index contributed by atoms with van der Waals surface area (Å²) in [6.45, 7) is 6.09. The predicted molar refractivity (Wildman–Crippen MR) is 89.2 cm³/mol. The maximum atomic E-state index is 11.5. The summed E-state index contributed by atoms with van der Waals surface area (Å²) in [6.07, 6.45) is 2.53. The second-order valence-electron chi connectivity index (χ2n) is 5.77. The Hall–Kier alpha value is -1.92. The number of aryl methyl sites for hydroxylation is 2. The van der Waals surface area contributed by atoms with E-state index >= 15 is 0 Å². The van der Waals surface area contributed by atoms with E-state index in [0.29, 0.717) is 18.8 Å². The summed E-state index contributed by atoms with van der Waals surface area (Å²) in [4.78, 5) is 18.1. The third kappa shape index (κ3) is 2.84. The maximum Gasteiger partial charge on any atom is 0.153 e. The second kappa shape index (κ2) is 6.29. The van der Waals surface area contributed by atoms with E-state index in [-0.39, 0.29) is 11.2 Å². The van der Waals surface area contributed by atoms with E-state index in [1.165, 1.54) is 0 Å². The van der Waals surface area contributed by atoms with Gasteiger partial charge in [-0.1, -0.05) is 11.6 Å². The molecule has 0 N–H and O–H groups in total. The monoisotopic (exact) mass is 334 g/mol. The zero-order chi connectivity index (χ0) is 16.6. The molecule has 1 aliphatic rings. The van der Waals surface area contributed by atoms with Crippen LogP contribution in [0.1, 0.15) is 22.8 Å². The van der Waals surface area contributed by atoms with Gasteiger partial charge in [0.25, 0.3) is 0 Å². The highest BCUT2D eigenvalue weighted by Gasteiger charge is 2.24. The first-order valence-corrected chi connectivity index (χ1v) is 7.89. The molecule has 0 aliphatic carbocycles. The van der Waals surface area contributed by atoms with Crippen molar-refractivity contribution in [2.45, 2.75) is 19.9 Å². The average molecular weight is 335 g/mol. The van der Waals surface area contributed by atoms with Crippen LogP contribution in [0.5, 0.6) is 0 Å². The summed E-state index contributed by atoms with van der Waals surface area (Å²) in [6, 6.07) is 2.12. The standard InChI is InChI=1S/C16H19ClN4O2/c1-10-7-18-20(3)15(10)12-6-14(19-16(17)13(12)8-22)21-4-5-23-9-11(21)2/h6-8,11H,4-5,9H2,1-3H3/t11-/m1/s1. The maximum absolute atomic E-state index is 11.5. The van der Waals surface area contributed by atoms with Crippen molar-refractivity contribution in [3.8, 4) is 11.3 Å². The molecule has 2 aromatic heterocycles. The molecule has 1 atom stereocenters. The molecule has 0 amide bonds. The molecular weight excluding hydrogens is 316 g/mol. The van der Waals surface area contributed by atoms with E-state index in [1.807, 2.05) is 20.0 Å². The molecule has 122 valence electrons. The zero-order valence-electron chi connectivity index (χ0n) is 13.4. The summed E-state index contributed by atoms with van der Waals surface area (Å²) < 4.78 is 7.23. The number of anilines is 1. The van der Waals surface area contributed by atoms with Crippen molar-refractivity contribution in [1.29, 1.82) is 0 Å². The molecule has 3 rings (SSSR count). The van der Waals surface area contributed by atoms with Gasteiger partial charge in [0, 0.05) is 19.2 Å². The fourth-order valence-corrected chi connectivity index (χ4v) is 3.20. The molecule has 0 bridgehead atoms. The number of halogens is 1. The topological polar surface area (TPSA) is 60.3 Å². The highest BCUT2D eigenvalue weighted by Crippen LogP contribution is 2.33. The number of aromatic nitrogens is 3. The minimum absolute atomic E-state index is 0.204. The van der Waals surface area contributed by atoms with E-state index in [0.717, 1.165) is 35.5 Å². The quantitative estimate of drug-likeness (QED) is 0.637. The van der Waals surface area contributed by atoms with Crippen LogP contribution >= 0.6 is 11.6 Å². The highest BCUT2D eigenvalue weighted by molar-refractivity contribution is 6.32. The molecule has 0 aromatic carbocycles. The Kier molecular flexibility index (Phi) is 4.37. The van der Waals surface area contributed by atoms with Crippen molar-refractivity contribution in [3.63, 3.8) is 0 Å².